The highest BCUT2D eigenvalue weighted by Gasteiger charge is 2.10. The zero-order chi connectivity index (χ0) is 17.2. The lowest BCUT2D eigenvalue weighted by atomic mass is 10.1. The molecule has 0 fully saturated rings. The number of nitrogens with zero attached hydrogens (tertiary/aromatic N) is 3. The van der Waals surface area contributed by atoms with Crippen LogP contribution in [0.3, 0.4) is 0 Å². The fourth-order valence-corrected chi connectivity index (χ4v) is 3.88. The van der Waals surface area contributed by atoms with Gasteiger partial charge >= 0.3 is 0 Å². The lowest BCUT2D eigenvalue weighted by Gasteiger charge is -2.09. The number of fused-ring (bicyclic) bond motifs is 2. The first-order chi connectivity index (χ1) is 12.2. The number of halogens is 1. The van der Waals surface area contributed by atoms with Crippen LogP contribution in [0, 0.1) is 0 Å². The van der Waals surface area contributed by atoms with Crippen molar-refractivity contribution in [3.05, 3.63) is 65.9 Å². The minimum atomic E-state index is -0.114. The van der Waals surface area contributed by atoms with Gasteiger partial charge in [0.2, 0.25) is 5.91 Å². The van der Waals surface area contributed by atoms with Crippen molar-refractivity contribution in [1.29, 1.82) is 0 Å². The molecular weight excluding hydrogens is 356 g/mol. The summed E-state index contributed by atoms with van der Waals surface area (Å²) in [6.45, 7) is 0. The molecule has 0 bridgehead atoms. The van der Waals surface area contributed by atoms with Gasteiger partial charge in [-0.1, -0.05) is 35.9 Å². The third-order valence-corrected chi connectivity index (χ3v) is 5.10. The van der Waals surface area contributed by atoms with E-state index < -0.39 is 0 Å². The summed E-state index contributed by atoms with van der Waals surface area (Å²) < 4.78 is 1.59. The van der Waals surface area contributed by atoms with Gasteiger partial charge in [-0.25, -0.2) is 4.98 Å². The van der Waals surface area contributed by atoms with Gasteiger partial charge in [-0.3, -0.25) is 4.79 Å². The van der Waals surface area contributed by atoms with Crippen LogP contribution in [-0.2, 0) is 4.79 Å². The second-order valence-corrected chi connectivity index (χ2v) is 6.79. The first kappa shape index (κ1) is 15.9. The minimum Gasteiger partial charge on any atom is -0.310 e. The summed E-state index contributed by atoms with van der Waals surface area (Å²) in [6.07, 6.45) is 3.29. The first-order valence-corrected chi connectivity index (χ1v) is 8.97. The number of thioether (sulfide) groups is 1. The highest BCUT2D eigenvalue weighted by Crippen LogP contribution is 2.33. The topological polar surface area (TPSA) is 59.3 Å². The Morgan fingerprint density at radius 2 is 1.96 bits per heavy atom. The van der Waals surface area contributed by atoms with Gasteiger partial charge in [0, 0.05) is 27.6 Å². The van der Waals surface area contributed by atoms with Crippen molar-refractivity contribution in [2.24, 2.45) is 0 Å². The van der Waals surface area contributed by atoms with E-state index in [-0.39, 0.29) is 11.7 Å². The largest absolute Gasteiger partial charge is 0.310 e. The molecule has 0 spiro atoms. The molecular formula is C18H13ClN4OS. The smallest absolute Gasteiger partial charge is 0.235 e. The molecule has 0 radical (unpaired) electrons. The number of carbonyl (C=O) groups is 1. The molecule has 0 aliphatic rings. The number of hydrogen-bond acceptors (Lipinski definition) is 4. The second kappa shape index (κ2) is 6.74. The fraction of sp³-hybridized carbons (Fsp3) is 0.0556. The van der Waals surface area contributed by atoms with Gasteiger partial charge in [-0.05, 0) is 23.6 Å². The lowest BCUT2D eigenvalue weighted by molar-refractivity contribution is -0.113. The number of rotatable bonds is 4. The molecule has 0 aliphatic carbocycles. The van der Waals surface area contributed by atoms with E-state index in [0.717, 1.165) is 15.7 Å². The summed E-state index contributed by atoms with van der Waals surface area (Å²) in [5, 5.41) is 9.75. The molecule has 5 nitrogen and oxygen atoms in total. The van der Waals surface area contributed by atoms with Crippen LogP contribution in [-0.4, -0.2) is 26.3 Å². The van der Waals surface area contributed by atoms with Crippen LogP contribution in [0.2, 0.25) is 5.02 Å². The minimum absolute atomic E-state index is 0.114. The number of amides is 1. The highest BCUT2D eigenvalue weighted by atomic mass is 35.5. The highest BCUT2D eigenvalue weighted by molar-refractivity contribution is 8.00. The number of aromatic nitrogens is 3. The van der Waals surface area contributed by atoms with Crippen molar-refractivity contribution in [3.63, 3.8) is 0 Å². The quantitative estimate of drug-likeness (QED) is 0.546. The molecule has 2 aromatic heterocycles. The van der Waals surface area contributed by atoms with Crippen molar-refractivity contribution < 1.29 is 4.79 Å². The van der Waals surface area contributed by atoms with Crippen LogP contribution in [0.1, 0.15) is 0 Å². The van der Waals surface area contributed by atoms with Crippen LogP contribution in [0.15, 0.2) is 65.8 Å². The molecule has 0 saturated carbocycles. The van der Waals surface area contributed by atoms with Crippen molar-refractivity contribution >= 4 is 51.5 Å². The van der Waals surface area contributed by atoms with Gasteiger partial charge in [0.15, 0.2) is 5.65 Å². The molecule has 1 amide bonds. The number of carbonyl (C=O) groups excluding carboxylic acids is 1. The Bertz CT molecular complexity index is 1070. The van der Waals surface area contributed by atoms with Gasteiger partial charge < -0.3 is 5.32 Å². The fourth-order valence-electron chi connectivity index (χ4n) is 2.63. The maximum absolute atomic E-state index is 12.3. The van der Waals surface area contributed by atoms with Crippen LogP contribution in [0.25, 0.3) is 16.4 Å². The number of hydrogen-bond donors (Lipinski definition) is 1. The number of benzene rings is 2. The molecule has 25 heavy (non-hydrogen) atoms. The summed E-state index contributed by atoms with van der Waals surface area (Å²) in [4.78, 5) is 17.5. The van der Waals surface area contributed by atoms with Crippen LogP contribution in [0.5, 0.6) is 0 Å². The summed E-state index contributed by atoms with van der Waals surface area (Å²) in [6, 6.07) is 15.2. The molecule has 2 aromatic carbocycles. The zero-order valence-electron chi connectivity index (χ0n) is 13.0. The zero-order valence-corrected chi connectivity index (χ0v) is 14.6. The molecule has 0 atom stereocenters. The molecule has 4 aromatic rings. The van der Waals surface area contributed by atoms with Crippen molar-refractivity contribution in [2.75, 3.05) is 11.1 Å². The lowest BCUT2D eigenvalue weighted by Crippen LogP contribution is -2.16. The Morgan fingerprint density at radius 1 is 1.12 bits per heavy atom. The Kier molecular flexibility index (Phi) is 4.29. The third kappa shape index (κ3) is 3.18. The van der Waals surface area contributed by atoms with E-state index in [4.69, 9.17) is 11.6 Å². The predicted molar refractivity (Wildman–Crippen MR) is 101 cm³/mol. The SMILES string of the molecule is O=C(CSc1cccc2cccc(Cl)c12)Nc1ccnc2ccnn12. The van der Waals surface area contributed by atoms with E-state index in [0.29, 0.717) is 16.5 Å². The van der Waals surface area contributed by atoms with E-state index in [1.807, 2.05) is 36.4 Å². The molecule has 2 heterocycles. The van der Waals surface area contributed by atoms with Gasteiger partial charge in [0.25, 0.3) is 0 Å². The summed E-state index contributed by atoms with van der Waals surface area (Å²) in [7, 11) is 0. The van der Waals surface area contributed by atoms with Crippen molar-refractivity contribution in [2.45, 2.75) is 4.90 Å². The Balaban J connectivity index is 1.52. The van der Waals surface area contributed by atoms with Crippen LogP contribution < -0.4 is 5.32 Å². The van der Waals surface area contributed by atoms with Gasteiger partial charge in [0.05, 0.1) is 11.9 Å². The van der Waals surface area contributed by atoms with Gasteiger partial charge in [0.1, 0.15) is 5.82 Å². The van der Waals surface area contributed by atoms with Crippen LogP contribution >= 0.6 is 23.4 Å². The van der Waals surface area contributed by atoms with E-state index in [1.54, 1.807) is 29.0 Å². The summed E-state index contributed by atoms with van der Waals surface area (Å²) in [5.41, 5.74) is 0.686. The standard InChI is InChI=1S/C18H13ClN4OS/c19-13-5-1-3-12-4-2-6-14(18(12)13)25-11-17(24)22-16-7-9-20-15-8-10-21-23(15)16/h1-10H,11H2,(H,22,24). The van der Waals surface area contributed by atoms with E-state index >= 15 is 0 Å². The molecule has 0 aliphatic heterocycles. The molecule has 0 saturated heterocycles. The number of anilines is 1. The van der Waals surface area contributed by atoms with E-state index in [2.05, 4.69) is 15.4 Å². The summed E-state index contributed by atoms with van der Waals surface area (Å²) >= 11 is 7.78. The monoisotopic (exact) mass is 368 g/mol. The van der Waals surface area contributed by atoms with Crippen molar-refractivity contribution in [3.8, 4) is 0 Å². The van der Waals surface area contributed by atoms with Crippen molar-refractivity contribution in [1.82, 2.24) is 14.6 Å². The molecule has 1 N–H and O–H groups in total. The normalized spacial score (nSPS) is 11.1. The molecule has 4 rings (SSSR count). The van der Waals surface area contributed by atoms with Crippen LogP contribution in [0.4, 0.5) is 5.82 Å². The van der Waals surface area contributed by atoms with Gasteiger partial charge in [-0.15, -0.1) is 11.8 Å². The Hall–Kier alpha value is -2.57. The average molecular weight is 369 g/mol. The van der Waals surface area contributed by atoms with E-state index in [9.17, 15) is 4.79 Å². The van der Waals surface area contributed by atoms with E-state index in [1.165, 1.54) is 11.8 Å². The molecule has 7 heteroatoms. The maximum Gasteiger partial charge on any atom is 0.235 e. The summed E-state index contributed by atoms with van der Waals surface area (Å²) in [5.74, 6) is 0.753. The number of nitrogens with one attached hydrogen (secondary N) is 1. The predicted octanol–water partition coefficient (Wildman–Crippen LogP) is 4.27. The third-order valence-electron chi connectivity index (χ3n) is 3.73. The Labute approximate surface area is 153 Å². The first-order valence-electron chi connectivity index (χ1n) is 7.61. The molecule has 0 unspecified atom stereocenters. The van der Waals surface area contributed by atoms with Gasteiger partial charge in [-0.2, -0.15) is 9.61 Å². The average Bonchev–Trinajstić information content (AvgIpc) is 3.10. The second-order valence-electron chi connectivity index (χ2n) is 5.36. The molecule has 124 valence electrons. The Morgan fingerprint density at radius 3 is 2.84 bits per heavy atom. The maximum atomic E-state index is 12.3.